The van der Waals surface area contributed by atoms with Gasteiger partial charge in [0.2, 0.25) is 0 Å². The van der Waals surface area contributed by atoms with Gasteiger partial charge in [-0.05, 0) is 58.1 Å². The number of halogens is 1. The largest absolute Gasteiger partial charge is 0.493 e. The van der Waals surface area contributed by atoms with Gasteiger partial charge < -0.3 is 19.0 Å². The summed E-state index contributed by atoms with van der Waals surface area (Å²) in [6, 6.07) is 20.7. The van der Waals surface area contributed by atoms with Crippen LogP contribution in [0.1, 0.15) is 22.4 Å². The van der Waals surface area contributed by atoms with Crippen LogP contribution in [0.15, 0.2) is 84.0 Å². The number of nitrogens with zero attached hydrogens (tertiary/aromatic N) is 3. The smallest absolute Gasteiger partial charge is 0.251 e. The highest BCUT2D eigenvalue weighted by Crippen LogP contribution is 2.40. The Morgan fingerprint density at radius 3 is 2.64 bits per heavy atom. The van der Waals surface area contributed by atoms with Crippen LogP contribution in [0.5, 0.6) is 5.75 Å². The quantitative estimate of drug-likeness (QED) is 0.361. The van der Waals surface area contributed by atoms with Crippen LogP contribution >= 0.6 is 11.6 Å². The second-order valence-electron chi connectivity index (χ2n) is 9.22. The molecule has 0 spiro atoms. The Morgan fingerprint density at radius 2 is 1.83 bits per heavy atom. The molecule has 7 heteroatoms. The average molecular weight is 498 g/mol. The third-order valence-electron chi connectivity index (χ3n) is 7.10. The molecule has 6 rings (SSSR count). The van der Waals surface area contributed by atoms with Crippen molar-refractivity contribution in [3.63, 3.8) is 0 Å². The zero-order valence-corrected chi connectivity index (χ0v) is 20.7. The van der Waals surface area contributed by atoms with Crippen LogP contribution in [-0.2, 0) is 26.1 Å². The standard InChI is InChI=1S/C29H24ClN3O3/c1-32-17-31-16-27(32)29(35)20-6-8-25(30)19(12-20)10-11-36-22-5-3-4-18(13-22)23-15-28(34)33(2)26-9-7-21(29)14-24(23)26/h3-9,12-17,35H,10-11H2,1-2H3. The number of aliphatic hydroxyl groups is 1. The Morgan fingerprint density at radius 1 is 1.03 bits per heavy atom. The Kier molecular flexibility index (Phi) is 5.25. The van der Waals surface area contributed by atoms with Crippen molar-refractivity contribution in [1.29, 1.82) is 0 Å². The summed E-state index contributed by atoms with van der Waals surface area (Å²) in [6.45, 7) is 0.411. The molecule has 0 fully saturated rings. The van der Waals surface area contributed by atoms with Crippen molar-refractivity contribution in [2.24, 2.45) is 14.1 Å². The number of fused-ring (bicyclic) bond motifs is 6. The van der Waals surface area contributed by atoms with Crippen molar-refractivity contribution in [3.8, 4) is 16.9 Å². The first kappa shape index (κ1) is 22.6. The molecular formula is C29H24ClN3O3. The summed E-state index contributed by atoms with van der Waals surface area (Å²) in [5, 5.41) is 14.0. The van der Waals surface area contributed by atoms with Crippen LogP contribution in [0.4, 0.5) is 0 Å². The topological polar surface area (TPSA) is 69.3 Å². The number of ether oxygens (including phenoxy) is 1. The van der Waals surface area contributed by atoms with Crippen LogP contribution in [-0.4, -0.2) is 25.8 Å². The van der Waals surface area contributed by atoms with Gasteiger partial charge in [-0.3, -0.25) is 4.79 Å². The number of aryl methyl sites for hydroxylation is 2. The summed E-state index contributed by atoms with van der Waals surface area (Å²) in [6.07, 6.45) is 3.91. The van der Waals surface area contributed by atoms with Gasteiger partial charge in [-0.25, -0.2) is 4.98 Å². The summed E-state index contributed by atoms with van der Waals surface area (Å²) in [5.41, 5.74) is 3.62. The lowest BCUT2D eigenvalue weighted by Gasteiger charge is -2.31. The van der Waals surface area contributed by atoms with Crippen molar-refractivity contribution in [2.45, 2.75) is 12.0 Å². The van der Waals surface area contributed by atoms with Gasteiger partial charge in [0.15, 0.2) is 5.60 Å². The Labute approximate surface area is 213 Å². The SMILES string of the molecule is Cn1cncc1C1(O)c2ccc(Cl)c(c2)CCOc2cccc(c2)-c2cc(=O)n(C)c3ccc1cc23. The molecule has 1 unspecified atom stereocenters. The minimum absolute atomic E-state index is 0.109. The fourth-order valence-corrected chi connectivity index (χ4v) is 5.33. The number of aromatic nitrogens is 3. The Bertz CT molecular complexity index is 1700. The fraction of sp³-hybridized carbons (Fsp3) is 0.172. The van der Waals surface area contributed by atoms with E-state index in [0.29, 0.717) is 40.6 Å². The molecule has 0 radical (unpaired) electrons. The molecular weight excluding hydrogens is 474 g/mol. The second kappa shape index (κ2) is 8.36. The lowest BCUT2D eigenvalue weighted by Crippen LogP contribution is -2.31. The summed E-state index contributed by atoms with van der Waals surface area (Å²) in [5.74, 6) is 0.716. The molecule has 3 heterocycles. The molecule has 0 saturated carbocycles. The normalized spacial score (nSPS) is 17.1. The predicted octanol–water partition coefficient (Wildman–Crippen LogP) is 4.81. The molecule has 1 aliphatic heterocycles. The molecule has 1 aliphatic rings. The number of rotatable bonds is 1. The van der Waals surface area contributed by atoms with Crippen LogP contribution < -0.4 is 10.3 Å². The number of hydrogen-bond acceptors (Lipinski definition) is 4. The van der Waals surface area contributed by atoms with Crippen molar-refractivity contribution >= 4 is 22.5 Å². The van der Waals surface area contributed by atoms with Crippen LogP contribution in [0.3, 0.4) is 0 Å². The van der Waals surface area contributed by atoms with E-state index in [-0.39, 0.29) is 5.56 Å². The average Bonchev–Trinajstić information content (AvgIpc) is 3.32. The summed E-state index contributed by atoms with van der Waals surface area (Å²) >= 11 is 6.56. The van der Waals surface area contributed by atoms with Crippen molar-refractivity contribution in [3.05, 3.63) is 117 Å². The highest BCUT2D eigenvalue weighted by Gasteiger charge is 2.37. The van der Waals surface area contributed by atoms with E-state index in [1.165, 1.54) is 0 Å². The van der Waals surface area contributed by atoms with E-state index in [2.05, 4.69) is 4.98 Å². The number of benzene rings is 3. The fourth-order valence-electron chi connectivity index (χ4n) is 5.12. The van der Waals surface area contributed by atoms with Crippen LogP contribution in [0, 0.1) is 0 Å². The minimum Gasteiger partial charge on any atom is -0.493 e. The monoisotopic (exact) mass is 497 g/mol. The van der Waals surface area contributed by atoms with Crippen molar-refractivity contribution in [1.82, 2.24) is 14.1 Å². The maximum atomic E-state index is 12.9. The zero-order valence-electron chi connectivity index (χ0n) is 19.9. The molecule has 5 aromatic rings. The molecule has 6 bridgehead atoms. The van der Waals surface area contributed by atoms with Gasteiger partial charge in [0.1, 0.15) is 5.75 Å². The molecule has 1 atom stereocenters. The van der Waals surface area contributed by atoms with Crippen LogP contribution in [0.25, 0.3) is 22.0 Å². The molecule has 6 nitrogen and oxygen atoms in total. The number of imidazole rings is 1. The van der Waals surface area contributed by atoms with Gasteiger partial charge in [-0.15, -0.1) is 0 Å². The van der Waals surface area contributed by atoms with Crippen molar-refractivity contribution < 1.29 is 9.84 Å². The zero-order chi connectivity index (χ0) is 25.0. The highest BCUT2D eigenvalue weighted by atomic mass is 35.5. The summed E-state index contributed by atoms with van der Waals surface area (Å²) < 4.78 is 9.51. The molecule has 0 amide bonds. The predicted molar refractivity (Wildman–Crippen MR) is 141 cm³/mol. The van der Waals surface area contributed by atoms with Crippen molar-refractivity contribution in [2.75, 3.05) is 6.61 Å². The third-order valence-corrected chi connectivity index (χ3v) is 7.47. The first-order chi connectivity index (χ1) is 17.4. The maximum absolute atomic E-state index is 12.9. The molecule has 1 N–H and O–H groups in total. The Balaban J connectivity index is 1.75. The number of hydrogen-bond donors (Lipinski definition) is 1. The van der Waals surface area contributed by atoms with Crippen LogP contribution in [0.2, 0.25) is 5.02 Å². The molecule has 180 valence electrons. The van der Waals surface area contributed by atoms with E-state index < -0.39 is 5.60 Å². The van der Waals surface area contributed by atoms with E-state index in [4.69, 9.17) is 16.3 Å². The van der Waals surface area contributed by atoms with E-state index in [1.807, 2.05) is 72.3 Å². The van der Waals surface area contributed by atoms with E-state index >= 15 is 0 Å². The maximum Gasteiger partial charge on any atom is 0.251 e. The summed E-state index contributed by atoms with van der Waals surface area (Å²) in [4.78, 5) is 17.2. The molecule has 36 heavy (non-hydrogen) atoms. The van der Waals surface area contributed by atoms with Gasteiger partial charge in [0.25, 0.3) is 5.56 Å². The second-order valence-corrected chi connectivity index (χ2v) is 9.63. The van der Waals surface area contributed by atoms with Gasteiger partial charge in [0, 0.05) is 37.0 Å². The third kappa shape index (κ3) is 3.45. The van der Waals surface area contributed by atoms with E-state index in [9.17, 15) is 9.90 Å². The Hall–Kier alpha value is -3.87. The van der Waals surface area contributed by atoms with E-state index in [0.717, 1.165) is 27.6 Å². The van der Waals surface area contributed by atoms with E-state index in [1.54, 1.807) is 30.2 Å². The molecule has 0 saturated heterocycles. The first-order valence-corrected chi connectivity index (χ1v) is 12.1. The van der Waals surface area contributed by atoms with Gasteiger partial charge >= 0.3 is 0 Å². The highest BCUT2D eigenvalue weighted by molar-refractivity contribution is 6.31. The first-order valence-electron chi connectivity index (χ1n) is 11.7. The summed E-state index contributed by atoms with van der Waals surface area (Å²) in [7, 11) is 3.61. The van der Waals surface area contributed by atoms with Gasteiger partial charge in [-0.2, -0.15) is 0 Å². The molecule has 2 aromatic heterocycles. The lowest BCUT2D eigenvalue weighted by molar-refractivity contribution is 0.117. The van der Waals surface area contributed by atoms with Gasteiger partial charge in [0.05, 0.1) is 30.3 Å². The minimum atomic E-state index is -1.52. The lowest BCUT2D eigenvalue weighted by atomic mass is 9.81. The number of pyridine rings is 1. The molecule has 0 aliphatic carbocycles. The van der Waals surface area contributed by atoms with Gasteiger partial charge in [-0.1, -0.05) is 41.9 Å². The molecule has 3 aromatic carbocycles.